The Hall–Kier alpha value is -3.28. The zero-order chi connectivity index (χ0) is 18.0. The molecule has 0 aliphatic rings. The SMILES string of the molecule is COc1ccc(/C(O)=C/c2nc3ccc(C)cc3oc2=O)cc1OC. The second-order valence-corrected chi connectivity index (χ2v) is 5.46. The van der Waals surface area contributed by atoms with E-state index < -0.39 is 5.63 Å². The van der Waals surface area contributed by atoms with Crippen LogP contribution in [-0.4, -0.2) is 24.3 Å². The van der Waals surface area contributed by atoms with Crippen LogP contribution in [0, 0.1) is 6.92 Å². The van der Waals surface area contributed by atoms with Crippen molar-refractivity contribution >= 4 is 22.9 Å². The van der Waals surface area contributed by atoms with Crippen molar-refractivity contribution in [2.45, 2.75) is 6.92 Å². The Bertz CT molecular complexity index is 1020. The van der Waals surface area contributed by atoms with Crippen molar-refractivity contribution in [3.8, 4) is 11.5 Å². The van der Waals surface area contributed by atoms with Gasteiger partial charge >= 0.3 is 5.63 Å². The molecule has 0 amide bonds. The molecule has 0 saturated heterocycles. The van der Waals surface area contributed by atoms with Crippen molar-refractivity contribution in [3.63, 3.8) is 0 Å². The lowest BCUT2D eigenvalue weighted by atomic mass is 10.1. The summed E-state index contributed by atoms with van der Waals surface area (Å²) in [5, 5.41) is 10.3. The number of aliphatic hydroxyl groups is 1. The Morgan fingerprint density at radius 1 is 1.12 bits per heavy atom. The van der Waals surface area contributed by atoms with Crippen LogP contribution in [0.15, 0.2) is 45.6 Å². The number of aromatic nitrogens is 1. The molecule has 0 bridgehead atoms. The average Bonchev–Trinajstić information content (AvgIpc) is 2.61. The standard InChI is InChI=1S/C19H17NO5/c1-11-4-6-13-17(8-11)25-19(22)14(20-13)10-15(21)12-5-7-16(23-2)18(9-12)24-3/h4-10,21H,1-3H3/b15-10-. The number of aliphatic hydroxyl groups excluding tert-OH is 1. The highest BCUT2D eigenvalue weighted by atomic mass is 16.5. The predicted octanol–water partition coefficient (Wildman–Crippen LogP) is 3.57. The Morgan fingerprint density at radius 2 is 1.88 bits per heavy atom. The lowest BCUT2D eigenvalue weighted by molar-refractivity contribution is 0.354. The number of aryl methyl sites for hydroxylation is 1. The maximum Gasteiger partial charge on any atom is 0.362 e. The molecule has 0 spiro atoms. The van der Waals surface area contributed by atoms with Crippen LogP contribution in [0.25, 0.3) is 22.9 Å². The Labute approximate surface area is 144 Å². The van der Waals surface area contributed by atoms with E-state index in [1.165, 1.54) is 20.3 Å². The van der Waals surface area contributed by atoms with Crippen LogP contribution in [0.5, 0.6) is 11.5 Å². The molecule has 1 aromatic heterocycles. The van der Waals surface area contributed by atoms with E-state index in [1.807, 2.05) is 13.0 Å². The molecule has 2 aromatic carbocycles. The van der Waals surface area contributed by atoms with Gasteiger partial charge in [0.25, 0.3) is 0 Å². The molecule has 0 aliphatic carbocycles. The number of hydrogen-bond acceptors (Lipinski definition) is 6. The highest BCUT2D eigenvalue weighted by Gasteiger charge is 2.10. The van der Waals surface area contributed by atoms with Crippen LogP contribution in [0.2, 0.25) is 0 Å². The van der Waals surface area contributed by atoms with Crippen LogP contribution < -0.4 is 15.1 Å². The van der Waals surface area contributed by atoms with Crippen LogP contribution in [-0.2, 0) is 0 Å². The van der Waals surface area contributed by atoms with Gasteiger partial charge in [-0.2, -0.15) is 0 Å². The first-order valence-electron chi connectivity index (χ1n) is 7.56. The number of nitrogens with zero attached hydrogens (tertiary/aromatic N) is 1. The summed E-state index contributed by atoms with van der Waals surface area (Å²) in [5.41, 5.74) is 1.77. The summed E-state index contributed by atoms with van der Waals surface area (Å²) in [7, 11) is 3.03. The molecule has 6 heteroatoms. The van der Waals surface area contributed by atoms with Gasteiger partial charge in [0.2, 0.25) is 0 Å². The zero-order valence-corrected chi connectivity index (χ0v) is 14.1. The molecule has 6 nitrogen and oxygen atoms in total. The highest BCUT2D eigenvalue weighted by molar-refractivity contribution is 5.79. The van der Waals surface area contributed by atoms with Crippen LogP contribution in [0.4, 0.5) is 0 Å². The van der Waals surface area contributed by atoms with E-state index in [4.69, 9.17) is 13.9 Å². The first kappa shape index (κ1) is 16.6. The summed E-state index contributed by atoms with van der Waals surface area (Å²) in [6.07, 6.45) is 1.27. The lowest BCUT2D eigenvalue weighted by Crippen LogP contribution is -2.06. The van der Waals surface area contributed by atoms with Crippen molar-refractivity contribution in [2.24, 2.45) is 0 Å². The summed E-state index contributed by atoms with van der Waals surface area (Å²) in [6.45, 7) is 1.90. The van der Waals surface area contributed by atoms with Crippen molar-refractivity contribution in [1.82, 2.24) is 4.98 Å². The second kappa shape index (κ2) is 6.68. The predicted molar refractivity (Wildman–Crippen MR) is 95.1 cm³/mol. The van der Waals surface area contributed by atoms with Gasteiger partial charge in [-0.15, -0.1) is 0 Å². The molecule has 0 aliphatic heterocycles. The molecule has 3 rings (SSSR count). The fourth-order valence-corrected chi connectivity index (χ4v) is 2.42. The number of hydrogen-bond donors (Lipinski definition) is 1. The van der Waals surface area contributed by atoms with Crippen molar-refractivity contribution in [3.05, 3.63) is 63.6 Å². The molecule has 3 aromatic rings. The fraction of sp³-hybridized carbons (Fsp3) is 0.158. The minimum absolute atomic E-state index is 0.0173. The van der Waals surface area contributed by atoms with Crippen LogP contribution >= 0.6 is 0 Å². The molecule has 0 atom stereocenters. The van der Waals surface area contributed by atoms with E-state index in [0.29, 0.717) is 28.2 Å². The summed E-state index contributed by atoms with van der Waals surface area (Å²) in [5.74, 6) is 0.874. The second-order valence-electron chi connectivity index (χ2n) is 5.46. The number of methoxy groups -OCH3 is 2. The van der Waals surface area contributed by atoms with E-state index in [1.54, 1.807) is 30.3 Å². The number of fused-ring (bicyclic) bond motifs is 1. The van der Waals surface area contributed by atoms with Crippen LogP contribution in [0.1, 0.15) is 16.8 Å². The van der Waals surface area contributed by atoms with Gasteiger partial charge in [0.05, 0.1) is 14.2 Å². The number of ether oxygens (including phenoxy) is 2. The van der Waals surface area contributed by atoms with Gasteiger partial charge in [0.1, 0.15) is 11.3 Å². The maximum atomic E-state index is 12.1. The van der Waals surface area contributed by atoms with E-state index in [2.05, 4.69) is 4.98 Å². The molecule has 25 heavy (non-hydrogen) atoms. The molecule has 0 fully saturated rings. The van der Waals surface area contributed by atoms with Gasteiger partial charge < -0.3 is 19.0 Å². The van der Waals surface area contributed by atoms with Gasteiger partial charge in [0, 0.05) is 11.6 Å². The quantitative estimate of drug-likeness (QED) is 0.732. The average molecular weight is 339 g/mol. The smallest absolute Gasteiger partial charge is 0.362 e. The third-order valence-corrected chi connectivity index (χ3v) is 3.72. The number of benzene rings is 2. The third kappa shape index (κ3) is 3.33. The summed E-state index contributed by atoms with van der Waals surface area (Å²) in [4.78, 5) is 16.4. The van der Waals surface area contributed by atoms with Gasteiger partial charge in [-0.3, -0.25) is 0 Å². The molecule has 0 saturated carbocycles. The summed E-state index contributed by atoms with van der Waals surface area (Å²) in [6, 6.07) is 10.3. The molecule has 0 unspecified atom stereocenters. The fourth-order valence-electron chi connectivity index (χ4n) is 2.42. The zero-order valence-electron chi connectivity index (χ0n) is 14.1. The normalized spacial score (nSPS) is 11.6. The lowest BCUT2D eigenvalue weighted by Gasteiger charge is -2.09. The first-order chi connectivity index (χ1) is 12.0. The van der Waals surface area contributed by atoms with E-state index in [9.17, 15) is 9.90 Å². The highest BCUT2D eigenvalue weighted by Crippen LogP contribution is 2.30. The molecular formula is C19H17NO5. The number of rotatable bonds is 4. The van der Waals surface area contributed by atoms with E-state index in [-0.39, 0.29) is 11.5 Å². The van der Waals surface area contributed by atoms with Gasteiger partial charge in [0.15, 0.2) is 22.8 Å². The van der Waals surface area contributed by atoms with Crippen molar-refractivity contribution in [2.75, 3.05) is 14.2 Å². The summed E-state index contributed by atoms with van der Waals surface area (Å²) >= 11 is 0. The van der Waals surface area contributed by atoms with Gasteiger partial charge in [-0.25, -0.2) is 9.78 Å². The summed E-state index contributed by atoms with van der Waals surface area (Å²) < 4.78 is 15.6. The third-order valence-electron chi connectivity index (χ3n) is 3.72. The Morgan fingerprint density at radius 3 is 2.60 bits per heavy atom. The van der Waals surface area contributed by atoms with E-state index in [0.717, 1.165) is 5.56 Å². The Kier molecular flexibility index (Phi) is 4.43. The molecule has 0 radical (unpaired) electrons. The Balaban J connectivity index is 2.05. The molecule has 1 heterocycles. The monoisotopic (exact) mass is 339 g/mol. The maximum absolute atomic E-state index is 12.1. The van der Waals surface area contributed by atoms with Gasteiger partial charge in [-0.05, 0) is 42.8 Å². The van der Waals surface area contributed by atoms with Crippen molar-refractivity contribution in [1.29, 1.82) is 0 Å². The van der Waals surface area contributed by atoms with Crippen molar-refractivity contribution < 1.29 is 19.0 Å². The largest absolute Gasteiger partial charge is 0.507 e. The minimum Gasteiger partial charge on any atom is -0.507 e. The van der Waals surface area contributed by atoms with Crippen LogP contribution in [0.3, 0.4) is 0 Å². The molecule has 128 valence electrons. The topological polar surface area (TPSA) is 81.8 Å². The molecule has 1 N–H and O–H groups in total. The minimum atomic E-state index is -0.620. The van der Waals surface area contributed by atoms with E-state index >= 15 is 0 Å². The van der Waals surface area contributed by atoms with Gasteiger partial charge in [-0.1, -0.05) is 6.07 Å². The first-order valence-corrected chi connectivity index (χ1v) is 7.56. The molecular weight excluding hydrogens is 322 g/mol.